The lowest BCUT2D eigenvalue weighted by molar-refractivity contribution is -0.421. The third kappa shape index (κ3) is 3.97. The maximum absolute atomic E-state index is 13.9. The zero-order valence-corrected chi connectivity index (χ0v) is 27.3. The Balaban J connectivity index is 0.990. The molecule has 2 spiro atoms. The van der Waals surface area contributed by atoms with Crippen LogP contribution in [-0.4, -0.2) is 94.2 Å². The second kappa shape index (κ2) is 9.40. The van der Waals surface area contributed by atoms with Gasteiger partial charge in [0.1, 0.15) is 53.2 Å². The summed E-state index contributed by atoms with van der Waals surface area (Å²) in [7, 11) is 0. The number of nitrogen functional groups attached to an aromatic ring is 2. The molecule has 5 aliphatic heterocycles. The number of hydrogen-bond donors (Lipinski definition) is 4. The monoisotopic (exact) mass is 726 g/mol. The Labute approximate surface area is 273 Å². The van der Waals surface area contributed by atoms with Crippen LogP contribution in [0.5, 0.6) is 0 Å². The van der Waals surface area contributed by atoms with E-state index in [1.54, 1.807) is 9.13 Å². The lowest BCUT2D eigenvalue weighted by Gasteiger charge is -2.64. The van der Waals surface area contributed by atoms with Crippen LogP contribution in [0, 0.1) is 5.92 Å². The lowest BCUT2D eigenvalue weighted by Crippen LogP contribution is -2.77. The molecule has 0 aromatic carbocycles. The molecule has 4 N–H and O–H groups in total. The molecule has 1 saturated carbocycles. The smallest absolute Gasteiger partial charge is 0.382 e. The van der Waals surface area contributed by atoms with Crippen LogP contribution >= 0.6 is 38.1 Å². The van der Waals surface area contributed by atoms with E-state index in [-0.39, 0.29) is 37.9 Å². The zero-order chi connectivity index (χ0) is 32.1. The SMILES string of the molecule is Nc1ncnc2c1ncn2[C@@H]1O[C@@]23CO[C@@H]1[C@@H]2O[P@](=O)(S)OC[C@@]12C[C@@]4(O[C@@H]([C@H](n5cnc6c(N)ncnc65)O1)[C@@H]24)O[P@](=O)(S)OC3. The average Bonchev–Trinajstić information content (AvgIpc) is 3.79. The van der Waals surface area contributed by atoms with Crippen LogP contribution in [0.2, 0.25) is 0 Å². The molecule has 0 amide bonds. The van der Waals surface area contributed by atoms with Crippen LogP contribution in [0.15, 0.2) is 25.3 Å². The van der Waals surface area contributed by atoms with E-state index in [0.29, 0.717) is 22.3 Å². The number of nitrogens with zero attached hydrogens (tertiary/aromatic N) is 8. The van der Waals surface area contributed by atoms with Gasteiger partial charge in [0.15, 0.2) is 41.2 Å². The molecule has 6 aliphatic rings. The number of thiol groups is 2. The fraction of sp³-hybridized carbons (Fsp3) is 0.565. The first-order chi connectivity index (χ1) is 22.4. The van der Waals surface area contributed by atoms with Gasteiger partial charge in [-0.1, -0.05) is 24.5 Å². The van der Waals surface area contributed by atoms with Gasteiger partial charge in [0.2, 0.25) is 0 Å². The maximum atomic E-state index is 13.9. The van der Waals surface area contributed by atoms with Crippen LogP contribution in [0.25, 0.3) is 22.3 Å². The minimum absolute atomic E-state index is 0.0562. The molecule has 11 atom stereocenters. The quantitative estimate of drug-likeness (QED) is 0.168. The van der Waals surface area contributed by atoms with E-state index in [1.807, 2.05) is 0 Å². The summed E-state index contributed by atoms with van der Waals surface area (Å²) in [6.45, 7) is -8.99. The number of nitrogens with two attached hydrogens (primary N) is 2. The normalized spacial score (nSPS) is 45.4. The van der Waals surface area contributed by atoms with E-state index in [1.165, 1.54) is 25.3 Å². The molecule has 248 valence electrons. The summed E-state index contributed by atoms with van der Waals surface area (Å²) in [4.78, 5) is 25.2. The molecule has 24 heteroatoms. The molecule has 4 bridgehead atoms. The predicted molar refractivity (Wildman–Crippen MR) is 162 cm³/mol. The highest BCUT2D eigenvalue weighted by molar-refractivity contribution is 8.44. The van der Waals surface area contributed by atoms with Gasteiger partial charge in [-0.3, -0.25) is 27.2 Å². The van der Waals surface area contributed by atoms with Gasteiger partial charge >= 0.3 is 13.6 Å². The topological polar surface area (TPSA) is 247 Å². The molecular formula is C23H24N10O10P2S2. The summed E-state index contributed by atoms with van der Waals surface area (Å²) in [6, 6.07) is 0. The summed E-state index contributed by atoms with van der Waals surface area (Å²) < 4.78 is 80.2. The van der Waals surface area contributed by atoms with Gasteiger partial charge in [0.25, 0.3) is 0 Å². The van der Waals surface area contributed by atoms with Crippen LogP contribution in [0.4, 0.5) is 11.6 Å². The lowest BCUT2D eigenvalue weighted by atomic mass is 9.59. The largest absolute Gasteiger partial charge is 0.388 e. The Bertz CT molecular complexity index is 2110. The third-order valence-corrected chi connectivity index (χ3v) is 12.8. The number of fused-ring (bicyclic) bond motifs is 2. The van der Waals surface area contributed by atoms with Crippen LogP contribution in [-0.2, 0) is 46.2 Å². The Morgan fingerprint density at radius 3 is 2.04 bits per heavy atom. The molecule has 0 radical (unpaired) electrons. The molecule has 1 aliphatic carbocycles. The van der Waals surface area contributed by atoms with Crippen LogP contribution in [0.1, 0.15) is 18.9 Å². The molecule has 4 aromatic rings. The minimum atomic E-state index is -4.15. The number of hydrogen-bond acceptors (Lipinski definition) is 18. The molecule has 10 rings (SSSR count). The molecule has 9 heterocycles. The zero-order valence-electron chi connectivity index (χ0n) is 23.7. The molecule has 6 fully saturated rings. The first-order valence-corrected chi connectivity index (χ1v) is 19.7. The Kier molecular flexibility index (Phi) is 5.89. The first-order valence-electron chi connectivity index (χ1n) is 14.3. The molecule has 0 unspecified atom stereocenters. The highest BCUT2D eigenvalue weighted by Gasteiger charge is 2.84. The van der Waals surface area contributed by atoms with Crippen molar-refractivity contribution in [2.24, 2.45) is 5.92 Å². The van der Waals surface area contributed by atoms with Gasteiger partial charge in [-0.15, -0.1) is 0 Å². The number of anilines is 2. The van der Waals surface area contributed by atoms with Crippen molar-refractivity contribution in [2.45, 2.75) is 54.2 Å². The van der Waals surface area contributed by atoms with Crippen LogP contribution < -0.4 is 11.5 Å². The van der Waals surface area contributed by atoms with Crippen molar-refractivity contribution in [3.8, 4) is 0 Å². The Morgan fingerprint density at radius 2 is 1.36 bits per heavy atom. The van der Waals surface area contributed by atoms with Gasteiger partial charge in [-0.05, 0) is 0 Å². The predicted octanol–water partition coefficient (Wildman–Crippen LogP) is 1.40. The van der Waals surface area contributed by atoms with Gasteiger partial charge in [-0.25, -0.2) is 39.0 Å². The van der Waals surface area contributed by atoms with E-state index >= 15 is 0 Å². The molecule has 47 heavy (non-hydrogen) atoms. The van der Waals surface area contributed by atoms with Crippen molar-refractivity contribution in [3.63, 3.8) is 0 Å². The Hall–Kier alpha value is -2.46. The highest BCUT2D eigenvalue weighted by Crippen LogP contribution is 2.75. The minimum Gasteiger partial charge on any atom is -0.382 e. The maximum Gasteiger partial charge on any atom is 0.388 e. The van der Waals surface area contributed by atoms with E-state index < -0.39 is 67.3 Å². The standard InChI is InChI=1S/C23H24N10O10P2S2/c24-15-9-17(28-5-26-15)32(7-30-9)19-11-13-21(40-19)1-23(13,39-11)43-45(35,47)38-4-22-2-36-12(14(22)42-44(34,46)37-3-21)20(41-22)33-8-31-10-16(25)27-6-29-18(10)33/h5-8,11-14,19-20H,1-4H2,(H,34,46)(H,35,47)(H2,24,26,28)(H2,25,27,29)/t11-,12-,13+,14+,19-,20-,21-,22-,23-,44-,45-/m1/s1. The summed E-state index contributed by atoms with van der Waals surface area (Å²) in [5, 5.41) is 0. The number of rotatable bonds is 2. The van der Waals surface area contributed by atoms with E-state index in [4.69, 9.17) is 48.5 Å². The fourth-order valence-electron chi connectivity index (χ4n) is 7.71. The first kappa shape index (κ1) is 29.5. The summed E-state index contributed by atoms with van der Waals surface area (Å²) >= 11 is 8.63. The fourth-order valence-corrected chi connectivity index (χ4v) is 10.9. The van der Waals surface area contributed by atoms with Gasteiger partial charge in [0.05, 0.1) is 38.4 Å². The van der Waals surface area contributed by atoms with Crippen molar-refractivity contribution >= 4 is 72.1 Å². The third-order valence-electron chi connectivity index (χ3n) is 9.64. The van der Waals surface area contributed by atoms with E-state index in [9.17, 15) is 9.13 Å². The number of imidazole rings is 2. The van der Waals surface area contributed by atoms with Crippen molar-refractivity contribution < 1.29 is 46.2 Å². The molecule has 20 nitrogen and oxygen atoms in total. The molecular weight excluding hydrogens is 702 g/mol. The summed E-state index contributed by atoms with van der Waals surface area (Å²) in [5.41, 5.74) is 10.9. The second-order valence-corrected chi connectivity index (χ2v) is 18.0. The highest BCUT2D eigenvalue weighted by atomic mass is 32.7. The van der Waals surface area contributed by atoms with Crippen LogP contribution in [0.3, 0.4) is 0 Å². The van der Waals surface area contributed by atoms with Crippen molar-refractivity contribution in [3.05, 3.63) is 25.3 Å². The van der Waals surface area contributed by atoms with Gasteiger partial charge in [-0.2, -0.15) is 0 Å². The molecule has 5 saturated heterocycles. The van der Waals surface area contributed by atoms with Crippen molar-refractivity contribution in [1.29, 1.82) is 0 Å². The number of ether oxygens (including phenoxy) is 4. The molecule has 4 aromatic heterocycles. The van der Waals surface area contributed by atoms with Gasteiger partial charge in [0, 0.05) is 6.42 Å². The number of aromatic nitrogens is 8. The summed E-state index contributed by atoms with van der Waals surface area (Å²) in [6.07, 6.45) is 1.41. The average molecular weight is 727 g/mol. The van der Waals surface area contributed by atoms with Crippen molar-refractivity contribution in [1.82, 2.24) is 39.0 Å². The second-order valence-electron chi connectivity index (χ2n) is 12.2. The summed E-state index contributed by atoms with van der Waals surface area (Å²) in [5.74, 6) is -1.55. The Morgan fingerprint density at radius 1 is 0.766 bits per heavy atom. The van der Waals surface area contributed by atoms with E-state index in [0.717, 1.165) is 0 Å². The van der Waals surface area contributed by atoms with E-state index in [2.05, 4.69) is 54.4 Å². The van der Waals surface area contributed by atoms with Gasteiger partial charge < -0.3 is 30.4 Å². The van der Waals surface area contributed by atoms with Crippen molar-refractivity contribution in [2.75, 3.05) is 31.3 Å².